The average Bonchev–Trinajstić information content (AvgIpc) is 2.20. The Morgan fingerprint density at radius 2 is 1.44 bits per heavy atom. The van der Waals surface area contributed by atoms with Gasteiger partial charge in [-0.3, -0.25) is 0 Å². The molecule has 0 aliphatic carbocycles. The Hall–Kier alpha value is -0.0731. The minimum Gasteiger partial charge on any atom is -0.394 e. The van der Waals surface area contributed by atoms with Crippen molar-refractivity contribution >= 4 is 8.56 Å². The van der Waals surface area contributed by atoms with Crippen LogP contribution in [0.25, 0.3) is 0 Å². The fourth-order valence-corrected chi connectivity index (χ4v) is 3.57. The summed E-state index contributed by atoms with van der Waals surface area (Å²) >= 11 is 0. The van der Waals surface area contributed by atoms with E-state index in [1.54, 1.807) is 6.55 Å². The molecule has 0 bridgehead atoms. The Morgan fingerprint density at radius 1 is 1.00 bits per heavy atom. The fourth-order valence-electron chi connectivity index (χ4n) is 1.19. The molecule has 0 aliphatic rings. The smallest absolute Gasteiger partial charge is 0.389 e. The molecule has 0 aromatic rings. The van der Waals surface area contributed by atoms with E-state index < -0.39 is 21.2 Å². The van der Waals surface area contributed by atoms with Gasteiger partial charge in [0.15, 0.2) is 0 Å². The van der Waals surface area contributed by atoms with Crippen LogP contribution in [0.2, 0.25) is 12.6 Å². The van der Waals surface area contributed by atoms with Gasteiger partial charge in [-0.1, -0.05) is 13.8 Å². The Balaban J connectivity index is 4.17. The van der Waals surface area contributed by atoms with Crippen molar-refractivity contribution in [2.45, 2.75) is 51.9 Å². The maximum atomic E-state index is 12.1. The SMILES string of the molecule is CCCO[Si](C)(CCC(F)(F)F)OCCC. The molecule has 0 aromatic carbocycles. The van der Waals surface area contributed by atoms with E-state index >= 15 is 0 Å². The average molecular weight is 258 g/mol. The van der Waals surface area contributed by atoms with Crippen molar-refractivity contribution in [2.24, 2.45) is 0 Å². The van der Waals surface area contributed by atoms with Crippen LogP contribution >= 0.6 is 0 Å². The first kappa shape index (κ1) is 15.9. The van der Waals surface area contributed by atoms with Crippen LogP contribution < -0.4 is 0 Å². The standard InChI is InChI=1S/C10H21F3O2Si/c1-4-7-14-16(3,15-8-5-2)9-6-10(11,12)13/h4-9H2,1-3H3. The number of hydrogen-bond donors (Lipinski definition) is 0. The van der Waals surface area contributed by atoms with Crippen molar-refractivity contribution in [1.82, 2.24) is 0 Å². The summed E-state index contributed by atoms with van der Waals surface area (Å²) in [6.07, 6.45) is -3.35. The van der Waals surface area contributed by atoms with E-state index in [2.05, 4.69) is 0 Å². The quantitative estimate of drug-likeness (QED) is 0.615. The van der Waals surface area contributed by atoms with Crippen LogP contribution in [-0.2, 0) is 8.85 Å². The molecular formula is C10H21F3O2Si. The molecule has 0 unspecified atom stereocenters. The van der Waals surface area contributed by atoms with Crippen LogP contribution in [0, 0.1) is 0 Å². The molecule has 0 rings (SSSR count). The van der Waals surface area contributed by atoms with Crippen molar-refractivity contribution in [3.63, 3.8) is 0 Å². The zero-order valence-electron chi connectivity index (χ0n) is 10.2. The lowest BCUT2D eigenvalue weighted by atomic mass is 10.5. The van der Waals surface area contributed by atoms with Crippen LogP contribution in [0.5, 0.6) is 0 Å². The summed E-state index contributed by atoms with van der Waals surface area (Å²) in [5, 5.41) is 0. The second-order valence-corrected chi connectivity index (χ2v) is 7.29. The van der Waals surface area contributed by atoms with Crippen LogP contribution in [0.4, 0.5) is 13.2 Å². The maximum absolute atomic E-state index is 12.1. The molecule has 0 saturated carbocycles. The maximum Gasteiger partial charge on any atom is 0.389 e. The number of hydrogen-bond acceptors (Lipinski definition) is 2. The lowest BCUT2D eigenvalue weighted by Crippen LogP contribution is -2.40. The summed E-state index contributed by atoms with van der Waals surface area (Å²) in [7, 11) is -2.62. The monoisotopic (exact) mass is 258 g/mol. The lowest BCUT2D eigenvalue weighted by Gasteiger charge is -2.27. The summed E-state index contributed by atoms with van der Waals surface area (Å²) in [5.74, 6) is 0. The summed E-state index contributed by atoms with van der Waals surface area (Å²) in [4.78, 5) is 0. The molecule has 0 saturated heterocycles. The highest BCUT2D eigenvalue weighted by molar-refractivity contribution is 6.66. The third-order valence-corrected chi connectivity index (χ3v) is 4.87. The zero-order chi connectivity index (χ0) is 12.7. The Morgan fingerprint density at radius 3 is 1.75 bits per heavy atom. The molecule has 0 amide bonds. The molecular weight excluding hydrogens is 237 g/mol. The first-order valence-electron chi connectivity index (χ1n) is 5.67. The molecule has 0 fully saturated rings. The van der Waals surface area contributed by atoms with Gasteiger partial charge < -0.3 is 8.85 Å². The third kappa shape index (κ3) is 8.12. The molecule has 0 heterocycles. The van der Waals surface area contributed by atoms with E-state index in [1.807, 2.05) is 13.8 Å². The highest BCUT2D eigenvalue weighted by Gasteiger charge is 2.37. The molecule has 0 N–H and O–H groups in total. The Kier molecular flexibility index (Phi) is 7.26. The predicted octanol–water partition coefficient (Wildman–Crippen LogP) is 3.86. The van der Waals surface area contributed by atoms with Crippen molar-refractivity contribution < 1.29 is 22.0 Å². The zero-order valence-corrected chi connectivity index (χ0v) is 11.2. The van der Waals surface area contributed by atoms with Crippen LogP contribution in [0.1, 0.15) is 33.1 Å². The minimum atomic E-state index is -4.13. The van der Waals surface area contributed by atoms with Gasteiger partial charge in [-0.2, -0.15) is 13.2 Å². The summed E-state index contributed by atoms with van der Waals surface area (Å²) in [6.45, 7) is 6.52. The van der Waals surface area contributed by atoms with Gasteiger partial charge in [-0.15, -0.1) is 0 Å². The molecule has 0 spiro atoms. The molecule has 16 heavy (non-hydrogen) atoms. The first-order valence-corrected chi connectivity index (χ1v) is 8.20. The van der Waals surface area contributed by atoms with E-state index in [-0.39, 0.29) is 6.04 Å². The van der Waals surface area contributed by atoms with Crippen molar-refractivity contribution in [2.75, 3.05) is 13.2 Å². The lowest BCUT2D eigenvalue weighted by molar-refractivity contribution is -0.132. The van der Waals surface area contributed by atoms with E-state index in [0.29, 0.717) is 13.2 Å². The van der Waals surface area contributed by atoms with Crippen molar-refractivity contribution in [3.8, 4) is 0 Å². The normalized spacial score (nSPS) is 13.1. The number of rotatable bonds is 8. The highest BCUT2D eigenvalue weighted by Crippen LogP contribution is 2.27. The second-order valence-electron chi connectivity index (χ2n) is 3.95. The molecule has 0 radical (unpaired) electrons. The van der Waals surface area contributed by atoms with Crippen LogP contribution in [-0.4, -0.2) is 28.0 Å². The predicted molar refractivity (Wildman–Crippen MR) is 59.6 cm³/mol. The molecule has 98 valence electrons. The summed E-state index contributed by atoms with van der Waals surface area (Å²) in [6, 6.07) is -0.0174. The van der Waals surface area contributed by atoms with E-state index in [9.17, 15) is 13.2 Å². The van der Waals surface area contributed by atoms with Gasteiger partial charge in [0.25, 0.3) is 0 Å². The Bertz CT molecular complexity index is 177. The van der Waals surface area contributed by atoms with Gasteiger partial charge in [0.2, 0.25) is 0 Å². The van der Waals surface area contributed by atoms with Crippen LogP contribution in [0.15, 0.2) is 0 Å². The van der Waals surface area contributed by atoms with E-state index in [1.165, 1.54) is 0 Å². The highest BCUT2D eigenvalue weighted by atomic mass is 28.4. The molecule has 0 aromatic heterocycles. The number of halogens is 3. The van der Waals surface area contributed by atoms with Crippen molar-refractivity contribution in [1.29, 1.82) is 0 Å². The summed E-state index contributed by atoms with van der Waals surface area (Å²) < 4.78 is 47.4. The first-order chi connectivity index (χ1) is 7.33. The molecule has 6 heteroatoms. The third-order valence-electron chi connectivity index (χ3n) is 2.09. The van der Waals surface area contributed by atoms with E-state index in [0.717, 1.165) is 12.8 Å². The van der Waals surface area contributed by atoms with Gasteiger partial charge in [-0.25, -0.2) is 0 Å². The molecule has 0 aliphatic heterocycles. The van der Waals surface area contributed by atoms with E-state index in [4.69, 9.17) is 8.85 Å². The van der Waals surface area contributed by atoms with Crippen molar-refractivity contribution in [3.05, 3.63) is 0 Å². The number of alkyl halides is 3. The fraction of sp³-hybridized carbons (Fsp3) is 1.00. The largest absolute Gasteiger partial charge is 0.394 e. The van der Waals surface area contributed by atoms with Gasteiger partial charge >= 0.3 is 14.7 Å². The second kappa shape index (κ2) is 7.29. The molecule has 2 nitrogen and oxygen atoms in total. The van der Waals surface area contributed by atoms with Gasteiger partial charge in [0.1, 0.15) is 0 Å². The minimum absolute atomic E-state index is 0.0174. The Labute approximate surface area is 96.4 Å². The summed E-state index contributed by atoms with van der Waals surface area (Å²) in [5.41, 5.74) is 0. The van der Waals surface area contributed by atoms with Crippen LogP contribution in [0.3, 0.4) is 0 Å². The topological polar surface area (TPSA) is 18.5 Å². The van der Waals surface area contributed by atoms with Gasteiger partial charge in [-0.05, 0) is 25.4 Å². The molecule has 0 atom stereocenters. The van der Waals surface area contributed by atoms with Gasteiger partial charge in [0, 0.05) is 19.6 Å². The van der Waals surface area contributed by atoms with Gasteiger partial charge in [0.05, 0.1) is 0 Å².